The summed E-state index contributed by atoms with van der Waals surface area (Å²) >= 11 is 0. The Kier molecular flexibility index (Phi) is 8.50. The van der Waals surface area contributed by atoms with Crippen LogP contribution < -0.4 is 0 Å². The van der Waals surface area contributed by atoms with E-state index in [2.05, 4.69) is 0 Å². The summed E-state index contributed by atoms with van der Waals surface area (Å²) in [6.07, 6.45) is 0.523. The van der Waals surface area contributed by atoms with E-state index in [1.165, 1.54) is 0 Å². The standard InChI is InChI=1S/C19H28F3NO4/c20-12-8-14(21)13(15(22)9-12)6-4-2-1-3-5-7-23-10-17(25)19(27)18(26)16(23)11-24/h8-9,16-19,24-27H,1-7,10-11H2/t16-,17+,18-,19-/m1/s1. The zero-order chi connectivity index (χ0) is 20.0. The van der Waals surface area contributed by atoms with Crippen molar-refractivity contribution in [1.82, 2.24) is 4.90 Å². The van der Waals surface area contributed by atoms with Gasteiger partial charge in [-0.2, -0.15) is 0 Å². The lowest BCUT2D eigenvalue weighted by atomic mass is 9.94. The van der Waals surface area contributed by atoms with E-state index in [9.17, 15) is 33.6 Å². The second-order valence-electron chi connectivity index (χ2n) is 7.16. The first-order valence-electron chi connectivity index (χ1n) is 9.37. The first-order valence-corrected chi connectivity index (χ1v) is 9.37. The number of likely N-dealkylation sites (tertiary alicyclic amines) is 1. The molecule has 0 aliphatic carbocycles. The molecule has 1 aromatic rings. The molecule has 27 heavy (non-hydrogen) atoms. The molecule has 1 heterocycles. The first-order chi connectivity index (χ1) is 12.8. The van der Waals surface area contributed by atoms with Gasteiger partial charge in [0.2, 0.25) is 0 Å². The summed E-state index contributed by atoms with van der Waals surface area (Å²) in [5.74, 6) is -2.63. The smallest absolute Gasteiger partial charge is 0.132 e. The largest absolute Gasteiger partial charge is 0.395 e. The van der Waals surface area contributed by atoms with E-state index in [1.807, 2.05) is 0 Å². The van der Waals surface area contributed by atoms with Gasteiger partial charge >= 0.3 is 0 Å². The molecule has 0 saturated carbocycles. The molecule has 0 bridgehead atoms. The quantitative estimate of drug-likeness (QED) is 0.478. The minimum Gasteiger partial charge on any atom is -0.395 e. The maximum absolute atomic E-state index is 13.5. The number of piperidine rings is 1. The first kappa shape index (κ1) is 22.1. The second-order valence-corrected chi connectivity index (χ2v) is 7.16. The molecular formula is C19H28F3NO4. The molecule has 0 amide bonds. The molecule has 5 nitrogen and oxygen atoms in total. The van der Waals surface area contributed by atoms with E-state index < -0.39 is 41.8 Å². The van der Waals surface area contributed by atoms with Crippen LogP contribution in [0.1, 0.15) is 37.7 Å². The minimum absolute atomic E-state index is 0.0861. The van der Waals surface area contributed by atoms with Crippen molar-refractivity contribution >= 4 is 0 Å². The Morgan fingerprint density at radius 3 is 2.11 bits per heavy atom. The van der Waals surface area contributed by atoms with Crippen molar-refractivity contribution in [1.29, 1.82) is 0 Å². The van der Waals surface area contributed by atoms with Gasteiger partial charge in [-0.3, -0.25) is 4.90 Å². The zero-order valence-electron chi connectivity index (χ0n) is 15.2. The Morgan fingerprint density at radius 1 is 0.889 bits per heavy atom. The van der Waals surface area contributed by atoms with Gasteiger partial charge in [-0.25, -0.2) is 13.2 Å². The normalized spacial score (nSPS) is 26.5. The summed E-state index contributed by atoms with van der Waals surface area (Å²) in [6, 6.07) is 0.774. The van der Waals surface area contributed by atoms with Crippen LogP contribution >= 0.6 is 0 Å². The van der Waals surface area contributed by atoms with Crippen molar-refractivity contribution in [3.63, 3.8) is 0 Å². The lowest BCUT2D eigenvalue weighted by Crippen LogP contribution is -2.62. The van der Waals surface area contributed by atoms with E-state index in [1.54, 1.807) is 4.90 Å². The molecule has 154 valence electrons. The predicted octanol–water partition coefficient (Wildman–Crippen LogP) is 1.36. The second kappa shape index (κ2) is 10.4. The van der Waals surface area contributed by atoms with Crippen LogP contribution in [0.5, 0.6) is 0 Å². The number of unbranched alkanes of at least 4 members (excludes halogenated alkanes) is 4. The minimum atomic E-state index is -1.26. The highest BCUT2D eigenvalue weighted by atomic mass is 19.1. The number of rotatable bonds is 9. The van der Waals surface area contributed by atoms with Gasteiger partial charge in [0.05, 0.1) is 18.8 Å². The third-order valence-corrected chi connectivity index (χ3v) is 5.19. The summed E-state index contributed by atoms with van der Waals surface area (Å²) in [6.45, 7) is 0.444. The van der Waals surface area contributed by atoms with Crippen molar-refractivity contribution < 1.29 is 33.6 Å². The highest BCUT2D eigenvalue weighted by Gasteiger charge is 2.40. The highest BCUT2D eigenvalue weighted by molar-refractivity contribution is 5.20. The molecule has 1 aliphatic heterocycles. The van der Waals surface area contributed by atoms with Crippen LogP contribution in [0, 0.1) is 17.5 Å². The zero-order valence-corrected chi connectivity index (χ0v) is 15.2. The average Bonchev–Trinajstić information content (AvgIpc) is 2.60. The fraction of sp³-hybridized carbons (Fsp3) is 0.684. The highest BCUT2D eigenvalue weighted by Crippen LogP contribution is 2.21. The molecule has 1 aromatic carbocycles. The maximum Gasteiger partial charge on any atom is 0.132 e. The average molecular weight is 391 g/mol. The number of aliphatic hydroxyl groups excluding tert-OH is 4. The summed E-state index contributed by atoms with van der Waals surface area (Å²) in [5, 5.41) is 38.8. The molecule has 1 aliphatic rings. The van der Waals surface area contributed by atoms with Gasteiger partial charge in [0.15, 0.2) is 0 Å². The number of β-amino-alcohol motifs (C(OH)–C–C–N with tert-alkyl or cyclic N) is 1. The summed E-state index contributed by atoms with van der Waals surface area (Å²) in [4.78, 5) is 1.77. The van der Waals surface area contributed by atoms with Gasteiger partial charge in [-0.15, -0.1) is 0 Å². The van der Waals surface area contributed by atoms with Crippen molar-refractivity contribution in [3.05, 3.63) is 35.1 Å². The van der Waals surface area contributed by atoms with E-state index in [-0.39, 0.29) is 25.1 Å². The molecule has 1 saturated heterocycles. The molecule has 4 atom stereocenters. The number of nitrogens with zero attached hydrogens (tertiary/aromatic N) is 1. The fourth-order valence-corrected chi connectivity index (χ4v) is 3.59. The van der Waals surface area contributed by atoms with Gasteiger partial charge in [0.1, 0.15) is 29.7 Å². The Hall–Kier alpha value is -1.19. The molecule has 0 radical (unpaired) electrons. The SMILES string of the molecule is OC[C@@H]1[C@@H](O)[C@H](O)[C@@H](O)CN1CCCCCCCc1c(F)cc(F)cc1F. The lowest BCUT2D eigenvalue weighted by Gasteiger charge is -2.43. The van der Waals surface area contributed by atoms with Gasteiger partial charge < -0.3 is 20.4 Å². The van der Waals surface area contributed by atoms with Crippen LogP contribution in [-0.4, -0.2) is 69.4 Å². The van der Waals surface area contributed by atoms with Gasteiger partial charge in [0, 0.05) is 24.2 Å². The Morgan fingerprint density at radius 2 is 1.48 bits per heavy atom. The van der Waals surface area contributed by atoms with Crippen molar-refractivity contribution in [2.24, 2.45) is 0 Å². The summed E-state index contributed by atoms with van der Waals surface area (Å²) in [5.41, 5.74) is -0.0861. The molecule has 0 spiro atoms. The van der Waals surface area contributed by atoms with Crippen LogP contribution in [0.2, 0.25) is 0 Å². The monoisotopic (exact) mass is 391 g/mol. The summed E-state index contributed by atoms with van der Waals surface area (Å²) < 4.78 is 40.0. The fourth-order valence-electron chi connectivity index (χ4n) is 3.59. The molecule has 1 fully saturated rings. The lowest BCUT2D eigenvalue weighted by molar-refractivity contribution is -0.145. The van der Waals surface area contributed by atoms with Crippen molar-refractivity contribution in [3.8, 4) is 0 Å². The third-order valence-electron chi connectivity index (χ3n) is 5.19. The Bertz CT molecular complexity index is 581. The van der Waals surface area contributed by atoms with Crippen LogP contribution in [-0.2, 0) is 6.42 Å². The van der Waals surface area contributed by atoms with Crippen molar-refractivity contribution in [2.45, 2.75) is 62.9 Å². The third kappa shape index (κ3) is 5.89. The number of hydrogen-bond acceptors (Lipinski definition) is 5. The van der Waals surface area contributed by atoms with E-state index in [4.69, 9.17) is 0 Å². The van der Waals surface area contributed by atoms with Crippen LogP contribution in [0.4, 0.5) is 13.2 Å². The van der Waals surface area contributed by atoms with Gasteiger partial charge in [-0.1, -0.05) is 19.3 Å². The Labute approximate surface area is 157 Å². The molecular weight excluding hydrogens is 363 g/mol. The number of halogens is 3. The summed E-state index contributed by atoms with van der Waals surface area (Å²) in [7, 11) is 0. The van der Waals surface area contributed by atoms with E-state index in [0.29, 0.717) is 25.1 Å². The van der Waals surface area contributed by atoms with Gasteiger partial charge in [0.25, 0.3) is 0 Å². The Balaban J connectivity index is 1.66. The molecule has 0 aromatic heterocycles. The van der Waals surface area contributed by atoms with Crippen LogP contribution in [0.3, 0.4) is 0 Å². The maximum atomic E-state index is 13.5. The molecule has 2 rings (SSSR count). The predicted molar refractivity (Wildman–Crippen MR) is 93.6 cm³/mol. The molecule has 8 heteroatoms. The van der Waals surface area contributed by atoms with Crippen LogP contribution in [0.25, 0.3) is 0 Å². The molecule has 4 N–H and O–H groups in total. The van der Waals surface area contributed by atoms with Crippen molar-refractivity contribution in [2.75, 3.05) is 19.7 Å². The number of benzene rings is 1. The number of aliphatic hydroxyl groups is 4. The van der Waals surface area contributed by atoms with Crippen LogP contribution in [0.15, 0.2) is 12.1 Å². The molecule has 0 unspecified atom stereocenters. The topological polar surface area (TPSA) is 84.2 Å². The number of hydrogen-bond donors (Lipinski definition) is 4. The van der Waals surface area contributed by atoms with E-state index in [0.717, 1.165) is 25.7 Å². The van der Waals surface area contributed by atoms with Gasteiger partial charge in [-0.05, 0) is 25.8 Å². The van der Waals surface area contributed by atoms with E-state index >= 15 is 0 Å².